The lowest BCUT2D eigenvalue weighted by atomic mass is 10.1. The molecule has 1 fully saturated rings. The summed E-state index contributed by atoms with van der Waals surface area (Å²) in [7, 11) is 0. The lowest BCUT2D eigenvalue weighted by Crippen LogP contribution is -3.08. The van der Waals surface area contributed by atoms with Gasteiger partial charge in [-0.2, -0.15) is 0 Å². The number of thioether (sulfide) groups is 1. The van der Waals surface area contributed by atoms with Gasteiger partial charge in [0.1, 0.15) is 6.54 Å². The average molecular weight is 342 g/mol. The van der Waals surface area contributed by atoms with Gasteiger partial charge in [0, 0.05) is 29.8 Å². The normalized spacial score (nSPS) is 14.7. The van der Waals surface area contributed by atoms with Crippen LogP contribution < -0.4 is 10.2 Å². The predicted octanol–water partition coefficient (Wildman–Crippen LogP) is 2.27. The number of benzene rings is 2. The molecule has 0 aliphatic carbocycles. The second kappa shape index (κ2) is 8.90. The van der Waals surface area contributed by atoms with Crippen LogP contribution in [0.5, 0.6) is 0 Å². The van der Waals surface area contributed by atoms with Gasteiger partial charge in [-0.15, -0.1) is 11.8 Å². The van der Waals surface area contributed by atoms with E-state index in [0.29, 0.717) is 12.3 Å². The summed E-state index contributed by atoms with van der Waals surface area (Å²) >= 11 is 1.58. The molecule has 0 bridgehead atoms. The number of rotatable bonds is 7. The van der Waals surface area contributed by atoms with Crippen LogP contribution in [0.15, 0.2) is 59.5 Å². The van der Waals surface area contributed by atoms with Crippen molar-refractivity contribution in [3.05, 3.63) is 65.7 Å². The van der Waals surface area contributed by atoms with Gasteiger partial charge in [-0.05, 0) is 17.7 Å². The first-order valence-corrected chi connectivity index (χ1v) is 9.65. The summed E-state index contributed by atoms with van der Waals surface area (Å²) in [6, 6.07) is 18.5. The molecule has 0 aromatic heterocycles. The minimum Gasteiger partial charge on any atom is -0.351 e. The molecule has 1 aliphatic heterocycles. The van der Waals surface area contributed by atoms with E-state index >= 15 is 0 Å². The number of carbonyl (C=O) groups is 1. The fraction of sp³-hybridized carbons (Fsp3) is 0.350. The van der Waals surface area contributed by atoms with E-state index in [1.807, 2.05) is 30.3 Å². The molecule has 0 saturated carbocycles. The fourth-order valence-electron chi connectivity index (χ4n) is 3.13. The second-order valence-corrected chi connectivity index (χ2v) is 7.33. The third-order valence-electron chi connectivity index (χ3n) is 4.46. The molecule has 3 rings (SSSR count). The van der Waals surface area contributed by atoms with Crippen LogP contribution in [0.1, 0.15) is 24.0 Å². The highest BCUT2D eigenvalue weighted by atomic mass is 32.2. The molecule has 2 N–H and O–H groups in total. The lowest BCUT2D eigenvalue weighted by molar-refractivity contribution is -0.901. The van der Waals surface area contributed by atoms with Crippen molar-refractivity contribution < 1.29 is 9.69 Å². The summed E-state index contributed by atoms with van der Waals surface area (Å²) in [6.45, 7) is 4.24. The highest BCUT2D eigenvalue weighted by molar-refractivity contribution is 8.00. The Morgan fingerprint density at radius 1 is 0.958 bits per heavy atom. The van der Waals surface area contributed by atoms with Gasteiger partial charge >= 0.3 is 0 Å². The van der Waals surface area contributed by atoms with Gasteiger partial charge in [0.2, 0.25) is 5.91 Å². The van der Waals surface area contributed by atoms with Crippen LogP contribution in [-0.2, 0) is 17.9 Å². The SMILES string of the molecule is O=C(CSc1ccccc1)NCc1ccccc1C[NH+]1CCCC1. The van der Waals surface area contributed by atoms with Crippen molar-refractivity contribution >= 4 is 17.7 Å². The first kappa shape index (κ1) is 17.1. The molecule has 0 radical (unpaired) electrons. The summed E-state index contributed by atoms with van der Waals surface area (Å²) in [6.07, 6.45) is 2.68. The molecule has 3 nitrogen and oxygen atoms in total. The second-order valence-electron chi connectivity index (χ2n) is 6.28. The third-order valence-corrected chi connectivity index (χ3v) is 5.47. The van der Waals surface area contributed by atoms with Gasteiger partial charge in [-0.25, -0.2) is 0 Å². The van der Waals surface area contributed by atoms with Gasteiger partial charge in [-0.1, -0.05) is 42.5 Å². The number of likely N-dealkylation sites (tertiary alicyclic amines) is 1. The van der Waals surface area contributed by atoms with Crippen LogP contribution in [-0.4, -0.2) is 24.7 Å². The Hall–Kier alpha value is -1.78. The van der Waals surface area contributed by atoms with Crippen molar-refractivity contribution in [3.63, 3.8) is 0 Å². The Bertz CT molecular complexity index is 654. The number of hydrogen-bond acceptors (Lipinski definition) is 2. The Kier molecular flexibility index (Phi) is 6.33. The van der Waals surface area contributed by atoms with Crippen LogP contribution in [0, 0.1) is 0 Å². The van der Waals surface area contributed by atoms with Crippen LogP contribution in [0.4, 0.5) is 0 Å². The molecule has 2 aromatic rings. The molecule has 1 heterocycles. The molecular weight excluding hydrogens is 316 g/mol. The highest BCUT2D eigenvalue weighted by Gasteiger charge is 2.17. The van der Waals surface area contributed by atoms with Crippen LogP contribution >= 0.6 is 11.8 Å². The highest BCUT2D eigenvalue weighted by Crippen LogP contribution is 2.16. The molecule has 1 amide bonds. The maximum Gasteiger partial charge on any atom is 0.230 e. The summed E-state index contributed by atoms with van der Waals surface area (Å²) in [5.74, 6) is 0.552. The molecule has 1 aliphatic rings. The fourth-order valence-corrected chi connectivity index (χ4v) is 3.88. The van der Waals surface area contributed by atoms with E-state index in [0.717, 1.165) is 11.4 Å². The summed E-state index contributed by atoms with van der Waals surface area (Å²) in [5, 5.41) is 3.07. The van der Waals surface area contributed by atoms with E-state index in [1.54, 1.807) is 16.7 Å². The van der Waals surface area contributed by atoms with Crippen molar-refractivity contribution in [3.8, 4) is 0 Å². The van der Waals surface area contributed by atoms with Crippen molar-refractivity contribution in [1.82, 2.24) is 5.32 Å². The number of amides is 1. The Balaban J connectivity index is 1.49. The van der Waals surface area contributed by atoms with E-state index in [2.05, 4.69) is 29.6 Å². The molecule has 0 spiro atoms. The van der Waals surface area contributed by atoms with Gasteiger partial charge < -0.3 is 10.2 Å². The zero-order valence-electron chi connectivity index (χ0n) is 14.0. The largest absolute Gasteiger partial charge is 0.351 e. The maximum atomic E-state index is 12.1. The standard InChI is InChI=1S/C20H24N2OS/c23-20(16-24-19-10-2-1-3-11-19)21-14-17-8-4-5-9-18(17)15-22-12-6-7-13-22/h1-5,8-11H,6-7,12-16H2,(H,21,23)/p+1. The van der Waals surface area contributed by atoms with E-state index in [4.69, 9.17) is 0 Å². The Labute approximate surface area is 148 Å². The first-order valence-electron chi connectivity index (χ1n) is 8.66. The van der Waals surface area contributed by atoms with Crippen LogP contribution in [0.2, 0.25) is 0 Å². The van der Waals surface area contributed by atoms with E-state index < -0.39 is 0 Å². The van der Waals surface area contributed by atoms with Crippen molar-refractivity contribution in [1.29, 1.82) is 0 Å². The van der Waals surface area contributed by atoms with Crippen molar-refractivity contribution in [2.75, 3.05) is 18.8 Å². The minimum atomic E-state index is 0.0900. The van der Waals surface area contributed by atoms with Crippen molar-refractivity contribution in [2.24, 2.45) is 0 Å². The topological polar surface area (TPSA) is 33.5 Å². The Morgan fingerprint density at radius 2 is 1.62 bits per heavy atom. The van der Waals surface area contributed by atoms with Gasteiger partial charge in [0.05, 0.1) is 18.8 Å². The number of nitrogens with one attached hydrogen (secondary N) is 2. The quantitative estimate of drug-likeness (QED) is 0.758. The number of hydrogen-bond donors (Lipinski definition) is 2. The molecule has 24 heavy (non-hydrogen) atoms. The summed E-state index contributed by atoms with van der Waals surface area (Å²) in [5.41, 5.74) is 2.61. The maximum absolute atomic E-state index is 12.1. The van der Waals surface area contributed by atoms with Crippen molar-refractivity contribution in [2.45, 2.75) is 30.8 Å². The Morgan fingerprint density at radius 3 is 2.38 bits per heavy atom. The lowest BCUT2D eigenvalue weighted by Gasteiger charge is -2.15. The smallest absolute Gasteiger partial charge is 0.230 e. The molecule has 1 saturated heterocycles. The average Bonchev–Trinajstić information content (AvgIpc) is 3.13. The van der Waals surface area contributed by atoms with E-state index in [1.165, 1.54) is 37.1 Å². The summed E-state index contributed by atoms with van der Waals surface area (Å²) < 4.78 is 0. The minimum absolute atomic E-state index is 0.0900. The zero-order valence-corrected chi connectivity index (χ0v) is 14.8. The monoisotopic (exact) mass is 341 g/mol. The number of quaternary nitrogens is 1. The molecule has 0 unspecified atom stereocenters. The van der Waals surface area contributed by atoms with Gasteiger partial charge in [-0.3, -0.25) is 4.79 Å². The molecule has 0 atom stereocenters. The molecule has 4 heteroatoms. The van der Waals surface area contributed by atoms with Crippen LogP contribution in [0.25, 0.3) is 0 Å². The van der Waals surface area contributed by atoms with Gasteiger partial charge in [0.25, 0.3) is 0 Å². The van der Waals surface area contributed by atoms with E-state index in [-0.39, 0.29) is 5.91 Å². The van der Waals surface area contributed by atoms with Gasteiger partial charge in [0.15, 0.2) is 0 Å². The first-order chi connectivity index (χ1) is 11.8. The zero-order chi connectivity index (χ0) is 16.6. The summed E-state index contributed by atoms with van der Waals surface area (Å²) in [4.78, 5) is 14.9. The molecule has 126 valence electrons. The number of carbonyl (C=O) groups excluding carboxylic acids is 1. The van der Waals surface area contributed by atoms with E-state index in [9.17, 15) is 4.79 Å². The van der Waals surface area contributed by atoms with Crippen LogP contribution in [0.3, 0.4) is 0 Å². The molecule has 2 aromatic carbocycles. The molecular formula is C20H25N2OS+. The predicted molar refractivity (Wildman–Crippen MR) is 99.1 cm³/mol. The third kappa shape index (κ3) is 5.11.